The van der Waals surface area contributed by atoms with Gasteiger partial charge in [-0.25, -0.2) is 0 Å². The first kappa shape index (κ1) is 24.4. The van der Waals surface area contributed by atoms with Crippen LogP contribution in [0.15, 0.2) is 52.8 Å². The van der Waals surface area contributed by atoms with Crippen molar-refractivity contribution in [2.45, 2.75) is 25.0 Å². The summed E-state index contributed by atoms with van der Waals surface area (Å²) < 4.78 is 1.20. The van der Waals surface area contributed by atoms with E-state index in [9.17, 15) is 5.11 Å². The number of piperidine rings is 1. The quantitative estimate of drug-likeness (QED) is 0.225. The molecule has 0 amide bonds. The Labute approximate surface area is 209 Å². The summed E-state index contributed by atoms with van der Waals surface area (Å²) in [6.45, 7) is 2.45. The van der Waals surface area contributed by atoms with Crippen molar-refractivity contribution in [2.24, 2.45) is 10.9 Å². The number of thiophene rings is 2. The lowest BCUT2D eigenvalue weighted by atomic mass is 9.88. The number of hydrogen-bond donors (Lipinski definition) is 3. The highest BCUT2D eigenvalue weighted by Gasteiger charge is 2.31. The third-order valence-electron chi connectivity index (χ3n) is 5.83. The van der Waals surface area contributed by atoms with E-state index < -0.39 is 6.10 Å². The zero-order chi connectivity index (χ0) is 20.9. The van der Waals surface area contributed by atoms with E-state index >= 15 is 0 Å². The number of likely N-dealkylation sites (tertiary alicyclic amines) is 1. The van der Waals surface area contributed by atoms with Gasteiger partial charge in [-0.2, -0.15) is 0 Å². The third kappa shape index (κ3) is 5.98. The summed E-state index contributed by atoms with van der Waals surface area (Å²) in [6.07, 6.45) is 1.88. The largest absolute Gasteiger partial charge is 0.386 e. The molecule has 1 saturated heterocycles. The molecule has 0 aliphatic carbocycles. The highest BCUT2D eigenvalue weighted by atomic mass is 127. The second-order valence-electron chi connectivity index (χ2n) is 7.88. The minimum atomic E-state index is -0.555. The Hall–Kier alpha value is -1.20. The molecule has 8 heteroatoms. The van der Waals surface area contributed by atoms with Crippen molar-refractivity contribution >= 4 is 62.7 Å². The molecule has 1 aliphatic rings. The van der Waals surface area contributed by atoms with Crippen molar-refractivity contribution in [3.63, 3.8) is 0 Å². The first-order chi connectivity index (χ1) is 14.7. The van der Waals surface area contributed by atoms with E-state index in [1.807, 2.05) is 23.5 Å². The number of nitrogens with zero attached hydrogens (tertiary/aromatic N) is 2. The summed E-state index contributed by atoms with van der Waals surface area (Å²) >= 11 is 3.49. The lowest BCUT2D eigenvalue weighted by Crippen LogP contribution is -2.45. The fraction of sp³-hybridized carbons (Fsp3) is 0.435. The zero-order valence-corrected chi connectivity index (χ0v) is 21.9. The van der Waals surface area contributed by atoms with Crippen LogP contribution in [0.5, 0.6) is 0 Å². The molecule has 31 heavy (non-hydrogen) atoms. The maximum atomic E-state index is 10.6. The molecule has 3 N–H and O–H groups in total. The van der Waals surface area contributed by atoms with E-state index in [0.717, 1.165) is 23.9 Å². The molecule has 3 atom stereocenters. The molecular formula is C23H31IN4OS2. The smallest absolute Gasteiger partial charge is 0.191 e. The first-order valence-corrected chi connectivity index (χ1v) is 12.2. The summed E-state index contributed by atoms with van der Waals surface area (Å²) in [4.78, 5) is 9.25. The predicted octanol–water partition coefficient (Wildman–Crippen LogP) is 4.86. The van der Waals surface area contributed by atoms with Gasteiger partial charge in [0.05, 0.1) is 0 Å². The van der Waals surface area contributed by atoms with Crippen LogP contribution in [0, 0.1) is 5.92 Å². The molecule has 5 nitrogen and oxygen atoms in total. The standard InChI is InChI=1S/C23H30N4OS2.HI/c1-24-23(26-15-18(28)21-13-16-7-3-4-9-19(16)30-21)25-14-17-8-5-11-27(2)22(17)20-10-6-12-29-20;/h3-4,6-7,9-10,12-13,17-18,22,28H,5,8,11,14-15H2,1-2H3,(H2,24,25,26);1H. The maximum absolute atomic E-state index is 10.6. The molecule has 168 valence electrons. The molecule has 0 radical (unpaired) electrons. The number of guanidine groups is 1. The Morgan fingerprint density at radius 3 is 2.84 bits per heavy atom. The van der Waals surface area contributed by atoms with Crippen molar-refractivity contribution in [1.82, 2.24) is 15.5 Å². The predicted molar refractivity (Wildman–Crippen MR) is 144 cm³/mol. The molecule has 4 rings (SSSR count). The van der Waals surface area contributed by atoms with Crippen LogP contribution in [0.1, 0.15) is 34.7 Å². The molecule has 3 aromatic rings. The van der Waals surface area contributed by atoms with Crippen molar-refractivity contribution in [1.29, 1.82) is 0 Å². The van der Waals surface area contributed by atoms with Gasteiger partial charge in [-0.3, -0.25) is 9.89 Å². The Morgan fingerprint density at radius 2 is 2.10 bits per heavy atom. The van der Waals surface area contributed by atoms with Crippen molar-refractivity contribution in [3.8, 4) is 0 Å². The summed E-state index contributed by atoms with van der Waals surface area (Å²) in [5.41, 5.74) is 0. The van der Waals surface area contributed by atoms with Gasteiger partial charge in [-0.05, 0) is 61.3 Å². The molecule has 1 aliphatic heterocycles. The summed E-state index contributed by atoms with van der Waals surface area (Å²) in [5, 5.41) is 20.8. The molecule has 3 heterocycles. The highest BCUT2D eigenvalue weighted by molar-refractivity contribution is 14.0. The number of nitrogens with one attached hydrogen (secondary N) is 2. The highest BCUT2D eigenvalue weighted by Crippen LogP contribution is 2.36. The van der Waals surface area contributed by atoms with E-state index in [-0.39, 0.29) is 24.0 Å². The van der Waals surface area contributed by atoms with E-state index in [0.29, 0.717) is 18.5 Å². The van der Waals surface area contributed by atoms with E-state index in [1.165, 1.54) is 27.8 Å². The molecule has 3 unspecified atom stereocenters. The fourth-order valence-electron chi connectivity index (χ4n) is 4.29. The van der Waals surface area contributed by atoms with Gasteiger partial charge in [-0.1, -0.05) is 24.3 Å². The Bertz CT molecular complexity index is 942. The van der Waals surface area contributed by atoms with Crippen LogP contribution < -0.4 is 10.6 Å². The molecule has 1 fully saturated rings. The second kappa shape index (κ2) is 11.6. The molecular weight excluding hydrogens is 539 g/mol. The SMILES string of the molecule is CN=C(NCC(O)c1cc2ccccc2s1)NCC1CCCN(C)C1c1cccs1.I. The fourth-order valence-corrected chi connectivity index (χ4v) is 6.33. The van der Waals surface area contributed by atoms with E-state index in [2.05, 4.69) is 63.3 Å². The van der Waals surface area contributed by atoms with Crippen LogP contribution in [0.3, 0.4) is 0 Å². The van der Waals surface area contributed by atoms with Crippen LogP contribution in [0.25, 0.3) is 10.1 Å². The van der Waals surface area contributed by atoms with Gasteiger partial charge < -0.3 is 15.7 Å². The minimum absolute atomic E-state index is 0. The summed E-state index contributed by atoms with van der Waals surface area (Å²) in [5.74, 6) is 1.28. The number of fused-ring (bicyclic) bond motifs is 1. The summed E-state index contributed by atoms with van der Waals surface area (Å²) in [7, 11) is 4.01. The molecule has 1 aromatic carbocycles. The monoisotopic (exact) mass is 570 g/mol. The van der Waals surface area contributed by atoms with Crippen molar-refractivity contribution in [3.05, 3.63) is 57.6 Å². The minimum Gasteiger partial charge on any atom is -0.386 e. The molecule has 0 spiro atoms. The lowest BCUT2D eigenvalue weighted by molar-refractivity contribution is 0.125. The number of aliphatic imine (C=N–C) groups is 1. The average molecular weight is 571 g/mol. The van der Waals surface area contributed by atoms with Gasteiger partial charge in [0.2, 0.25) is 0 Å². The topological polar surface area (TPSA) is 59.9 Å². The van der Waals surface area contributed by atoms with Crippen LogP contribution in [0.2, 0.25) is 0 Å². The number of benzene rings is 1. The number of aliphatic hydroxyl groups excluding tert-OH is 1. The normalized spacial score (nSPS) is 20.9. The average Bonchev–Trinajstić information content (AvgIpc) is 3.43. The molecule has 2 aromatic heterocycles. The van der Waals surface area contributed by atoms with Crippen LogP contribution in [0.4, 0.5) is 0 Å². The first-order valence-electron chi connectivity index (χ1n) is 10.5. The Kier molecular flexibility index (Phi) is 9.15. The van der Waals surface area contributed by atoms with Gasteiger partial charge in [0.15, 0.2) is 5.96 Å². The van der Waals surface area contributed by atoms with Gasteiger partial charge >= 0.3 is 0 Å². The van der Waals surface area contributed by atoms with Gasteiger partial charge in [0.1, 0.15) is 6.10 Å². The number of hydrogen-bond acceptors (Lipinski definition) is 5. The molecule has 0 bridgehead atoms. The zero-order valence-electron chi connectivity index (χ0n) is 18.0. The molecule has 0 saturated carbocycles. The summed E-state index contributed by atoms with van der Waals surface area (Å²) in [6, 6.07) is 15.2. The Balaban J connectivity index is 0.00000272. The van der Waals surface area contributed by atoms with E-state index in [1.54, 1.807) is 18.4 Å². The Morgan fingerprint density at radius 1 is 1.26 bits per heavy atom. The van der Waals surface area contributed by atoms with Crippen LogP contribution >= 0.6 is 46.7 Å². The van der Waals surface area contributed by atoms with E-state index in [4.69, 9.17) is 0 Å². The number of aliphatic hydroxyl groups is 1. The lowest BCUT2D eigenvalue weighted by Gasteiger charge is -2.39. The second-order valence-corrected chi connectivity index (χ2v) is 9.97. The maximum Gasteiger partial charge on any atom is 0.191 e. The third-order valence-corrected chi connectivity index (χ3v) is 7.99. The van der Waals surface area contributed by atoms with Crippen LogP contribution in [-0.4, -0.2) is 49.7 Å². The van der Waals surface area contributed by atoms with Gasteiger partial charge in [0.25, 0.3) is 0 Å². The number of rotatable bonds is 6. The van der Waals surface area contributed by atoms with Gasteiger partial charge in [-0.15, -0.1) is 46.7 Å². The van der Waals surface area contributed by atoms with Crippen LogP contribution in [-0.2, 0) is 0 Å². The van der Waals surface area contributed by atoms with Gasteiger partial charge in [0, 0.05) is 40.6 Å². The number of halogens is 1. The van der Waals surface area contributed by atoms with Crippen molar-refractivity contribution < 1.29 is 5.11 Å². The van der Waals surface area contributed by atoms with Crippen molar-refractivity contribution in [2.75, 3.05) is 33.7 Å².